The van der Waals surface area contributed by atoms with Crippen LogP contribution in [0.5, 0.6) is 5.75 Å². The second-order valence-electron chi connectivity index (χ2n) is 8.23. The highest BCUT2D eigenvalue weighted by Gasteiger charge is 2.30. The van der Waals surface area contributed by atoms with Gasteiger partial charge in [0.2, 0.25) is 0 Å². The Morgan fingerprint density at radius 3 is 2.30 bits per heavy atom. The molecule has 1 aliphatic rings. The second kappa shape index (κ2) is 8.61. The summed E-state index contributed by atoms with van der Waals surface area (Å²) in [5, 5.41) is 9.52. The average molecular weight is 409 g/mol. The molecule has 1 aliphatic heterocycles. The van der Waals surface area contributed by atoms with E-state index >= 15 is 0 Å². The number of benzene rings is 2. The van der Waals surface area contributed by atoms with E-state index in [1.54, 1.807) is 12.1 Å². The summed E-state index contributed by atoms with van der Waals surface area (Å²) in [5.41, 5.74) is 3.55. The number of hydrogen-bond acceptors (Lipinski definition) is 5. The van der Waals surface area contributed by atoms with E-state index in [0.29, 0.717) is 18.5 Å². The number of methoxy groups -OCH3 is 1. The number of hydrogen-bond donors (Lipinski definition) is 1. The van der Waals surface area contributed by atoms with Gasteiger partial charge in [-0.15, -0.1) is 0 Å². The highest BCUT2D eigenvalue weighted by atomic mass is 16.6. The highest BCUT2D eigenvalue weighted by molar-refractivity contribution is 5.99. The van der Waals surface area contributed by atoms with Gasteiger partial charge < -0.3 is 19.5 Å². The first-order valence-electron chi connectivity index (χ1n) is 9.86. The molecular weight excluding hydrogens is 382 g/mol. The Morgan fingerprint density at radius 1 is 1.00 bits per heavy atom. The molecule has 0 unspecified atom stereocenters. The van der Waals surface area contributed by atoms with E-state index < -0.39 is 17.7 Å². The molecule has 158 valence electrons. The molecule has 0 bridgehead atoms. The summed E-state index contributed by atoms with van der Waals surface area (Å²) >= 11 is 0. The molecule has 0 saturated carbocycles. The fourth-order valence-corrected chi connectivity index (χ4v) is 3.42. The van der Waals surface area contributed by atoms with E-state index in [2.05, 4.69) is 0 Å². The van der Waals surface area contributed by atoms with Gasteiger partial charge in [0.1, 0.15) is 11.4 Å². The Labute approximate surface area is 176 Å². The van der Waals surface area contributed by atoms with Crippen molar-refractivity contribution < 1.29 is 24.2 Å². The molecule has 1 amide bonds. The van der Waals surface area contributed by atoms with E-state index in [0.717, 1.165) is 22.3 Å². The fourth-order valence-electron chi connectivity index (χ4n) is 3.42. The lowest BCUT2D eigenvalue weighted by Gasteiger charge is -2.32. The van der Waals surface area contributed by atoms with Crippen LogP contribution in [0.2, 0.25) is 0 Å². The Kier molecular flexibility index (Phi) is 6.15. The van der Waals surface area contributed by atoms with Gasteiger partial charge in [-0.25, -0.2) is 9.59 Å². The maximum absolute atomic E-state index is 12.5. The summed E-state index contributed by atoms with van der Waals surface area (Å²) in [5.74, 6) is -0.242. The first kappa shape index (κ1) is 21.4. The van der Waals surface area contributed by atoms with Crippen LogP contribution in [0.25, 0.3) is 16.7 Å². The summed E-state index contributed by atoms with van der Waals surface area (Å²) in [6.07, 6.45) is 0.0729. The van der Waals surface area contributed by atoms with Crippen molar-refractivity contribution >= 4 is 17.6 Å². The number of ether oxygens (including phenoxy) is 2. The fraction of sp³-hybridized carbons (Fsp3) is 0.333. The van der Waals surface area contributed by atoms with Crippen LogP contribution in [0.15, 0.2) is 54.1 Å². The third-order valence-corrected chi connectivity index (χ3v) is 4.84. The van der Waals surface area contributed by atoms with Crippen molar-refractivity contribution in [1.29, 1.82) is 0 Å². The smallest absolute Gasteiger partial charge is 0.410 e. The van der Waals surface area contributed by atoms with E-state index in [4.69, 9.17) is 9.47 Å². The number of carbonyl (C=O) groups is 2. The van der Waals surface area contributed by atoms with Gasteiger partial charge in [-0.05, 0) is 67.7 Å². The zero-order valence-corrected chi connectivity index (χ0v) is 17.8. The number of rotatable bonds is 3. The van der Waals surface area contributed by atoms with Gasteiger partial charge in [0.15, 0.2) is 0 Å². The summed E-state index contributed by atoms with van der Waals surface area (Å²) in [7, 11) is 1.34. The Hall–Kier alpha value is -3.28. The first-order valence-corrected chi connectivity index (χ1v) is 9.86. The number of nitrogens with zero attached hydrogens (tertiary/aromatic N) is 1. The molecule has 0 atom stereocenters. The number of carbonyl (C=O) groups excluding carboxylic acids is 2. The number of esters is 1. The lowest BCUT2D eigenvalue weighted by atomic mass is 9.91. The standard InChI is InChI=1S/C24H27NO5/c1-24(2,3)30-23(28)25-13-12-20(21(15-25)22(27)29-4)18-7-5-6-17(14-18)16-8-10-19(26)11-9-16/h5-11,14,26H,12-13,15H2,1-4H3. The molecule has 0 fully saturated rings. The van der Waals surface area contributed by atoms with Crippen LogP contribution in [-0.2, 0) is 14.3 Å². The van der Waals surface area contributed by atoms with Gasteiger partial charge >= 0.3 is 12.1 Å². The van der Waals surface area contributed by atoms with Crippen LogP contribution in [0.3, 0.4) is 0 Å². The monoisotopic (exact) mass is 409 g/mol. The van der Waals surface area contributed by atoms with Crippen molar-refractivity contribution in [3.05, 3.63) is 59.7 Å². The number of aromatic hydroxyl groups is 1. The molecule has 30 heavy (non-hydrogen) atoms. The summed E-state index contributed by atoms with van der Waals surface area (Å²) in [4.78, 5) is 26.5. The minimum absolute atomic E-state index is 0.139. The maximum Gasteiger partial charge on any atom is 0.410 e. The molecule has 0 radical (unpaired) electrons. The molecule has 0 aromatic heterocycles. The largest absolute Gasteiger partial charge is 0.508 e. The molecule has 6 heteroatoms. The third kappa shape index (κ3) is 5.00. The van der Waals surface area contributed by atoms with Crippen LogP contribution in [0.1, 0.15) is 32.8 Å². The van der Waals surface area contributed by atoms with Crippen LogP contribution >= 0.6 is 0 Å². The van der Waals surface area contributed by atoms with Crippen molar-refractivity contribution in [1.82, 2.24) is 4.90 Å². The van der Waals surface area contributed by atoms with E-state index in [-0.39, 0.29) is 12.3 Å². The first-order chi connectivity index (χ1) is 14.2. The molecule has 2 aromatic carbocycles. The molecule has 1 N–H and O–H groups in total. The van der Waals surface area contributed by atoms with E-state index in [1.807, 2.05) is 57.2 Å². The van der Waals surface area contributed by atoms with Crippen LogP contribution < -0.4 is 0 Å². The van der Waals surface area contributed by atoms with Gasteiger partial charge in [-0.2, -0.15) is 0 Å². The molecule has 3 rings (SSSR count). The van der Waals surface area contributed by atoms with Crippen molar-refractivity contribution in [2.24, 2.45) is 0 Å². The number of phenols is 1. The van der Waals surface area contributed by atoms with Gasteiger partial charge in [0.05, 0.1) is 19.2 Å². The molecular formula is C24H27NO5. The Bertz CT molecular complexity index is 970. The average Bonchev–Trinajstić information content (AvgIpc) is 2.72. The van der Waals surface area contributed by atoms with E-state index in [9.17, 15) is 14.7 Å². The lowest BCUT2D eigenvalue weighted by molar-refractivity contribution is -0.136. The molecule has 6 nitrogen and oxygen atoms in total. The number of phenolic OH excluding ortho intramolecular Hbond substituents is 1. The Morgan fingerprint density at radius 2 is 1.67 bits per heavy atom. The number of amides is 1. The quantitative estimate of drug-likeness (QED) is 0.748. The normalized spacial score (nSPS) is 14.5. The lowest BCUT2D eigenvalue weighted by Crippen LogP contribution is -2.41. The van der Waals surface area contributed by atoms with Gasteiger partial charge in [-0.3, -0.25) is 0 Å². The SMILES string of the molecule is COC(=O)C1=C(c2cccc(-c3ccc(O)cc3)c2)CCN(C(=O)OC(C)(C)C)C1. The summed E-state index contributed by atoms with van der Waals surface area (Å²) in [6.45, 7) is 6.03. The van der Waals surface area contributed by atoms with Crippen LogP contribution in [0, 0.1) is 0 Å². The highest BCUT2D eigenvalue weighted by Crippen LogP contribution is 2.32. The maximum atomic E-state index is 12.5. The molecule has 0 spiro atoms. The van der Waals surface area contributed by atoms with Crippen molar-refractivity contribution in [2.75, 3.05) is 20.2 Å². The minimum atomic E-state index is -0.606. The topological polar surface area (TPSA) is 76.1 Å². The van der Waals surface area contributed by atoms with Crippen molar-refractivity contribution in [3.63, 3.8) is 0 Å². The zero-order chi connectivity index (χ0) is 21.9. The van der Waals surface area contributed by atoms with Gasteiger partial charge in [-0.1, -0.05) is 30.3 Å². The zero-order valence-electron chi connectivity index (χ0n) is 17.8. The van der Waals surface area contributed by atoms with Gasteiger partial charge in [0.25, 0.3) is 0 Å². The molecule has 1 heterocycles. The predicted octanol–water partition coefficient (Wildman–Crippen LogP) is 4.63. The second-order valence-corrected chi connectivity index (χ2v) is 8.23. The summed E-state index contributed by atoms with van der Waals surface area (Å²) < 4.78 is 10.5. The Balaban J connectivity index is 1.94. The van der Waals surface area contributed by atoms with E-state index in [1.165, 1.54) is 12.0 Å². The van der Waals surface area contributed by atoms with Gasteiger partial charge in [0, 0.05) is 6.54 Å². The molecule has 2 aromatic rings. The van der Waals surface area contributed by atoms with Crippen molar-refractivity contribution in [3.8, 4) is 16.9 Å². The van der Waals surface area contributed by atoms with Crippen molar-refractivity contribution in [2.45, 2.75) is 32.8 Å². The molecule has 0 saturated heterocycles. The summed E-state index contributed by atoms with van der Waals surface area (Å²) in [6, 6.07) is 14.8. The van der Waals surface area contributed by atoms with Crippen LogP contribution in [0.4, 0.5) is 4.79 Å². The third-order valence-electron chi connectivity index (χ3n) is 4.84. The minimum Gasteiger partial charge on any atom is -0.508 e. The predicted molar refractivity (Wildman–Crippen MR) is 115 cm³/mol. The molecule has 0 aliphatic carbocycles. The van der Waals surface area contributed by atoms with Crippen LogP contribution in [-0.4, -0.2) is 47.9 Å².